The minimum atomic E-state index is 1.03. The first-order valence-corrected chi connectivity index (χ1v) is 8.78. The predicted octanol–water partition coefficient (Wildman–Crippen LogP) is 6.01. The molecule has 0 bridgehead atoms. The van der Waals surface area contributed by atoms with E-state index in [1.165, 1.54) is 44.6 Å². The fourth-order valence-electron chi connectivity index (χ4n) is 4.14. The summed E-state index contributed by atoms with van der Waals surface area (Å²) in [5, 5.41) is 1.37. The van der Waals surface area contributed by atoms with E-state index in [4.69, 9.17) is 0 Å². The van der Waals surface area contributed by atoms with Crippen LogP contribution >= 0.6 is 0 Å². The maximum Gasteiger partial charge on any atom is 0.0581 e. The summed E-state index contributed by atoms with van der Waals surface area (Å²) >= 11 is 0. The van der Waals surface area contributed by atoms with Gasteiger partial charge >= 0.3 is 0 Å². The van der Waals surface area contributed by atoms with Crippen LogP contribution in [0.4, 0.5) is 0 Å². The normalized spacial score (nSPS) is 13.5. The Bertz CT molecular complexity index is 1100. The summed E-state index contributed by atoms with van der Waals surface area (Å²) in [5.41, 5.74) is 9.47. The molecule has 1 aliphatic rings. The van der Waals surface area contributed by atoms with Crippen molar-refractivity contribution < 1.29 is 0 Å². The smallest absolute Gasteiger partial charge is 0.0581 e. The van der Waals surface area contributed by atoms with Crippen LogP contribution < -0.4 is 0 Å². The zero-order chi connectivity index (χ0) is 16.8. The maximum absolute atomic E-state index is 2.43. The molecule has 1 heteroatoms. The van der Waals surface area contributed by atoms with Gasteiger partial charge in [-0.2, -0.15) is 0 Å². The number of fused-ring (bicyclic) bond motifs is 3. The van der Waals surface area contributed by atoms with Gasteiger partial charge in [0.15, 0.2) is 0 Å². The molecule has 0 fully saturated rings. The molecule has 1 heterocycles. The molecular weight excluding hydrogens is 302 g/mol. The van der Waals surface area contributed by atoms with E-state index >= 15 is 0 Å². The molecule has 25 heavy (non-hydrogen) atoms. The van der Waals surface area contributed by atoms with Crippen LogP contribution in [0.1, 0.15) is 23.7 Å². The summed E-state index contributed by atoms with van der Waals surface area (Å²) in [4.78, 5) is 0. The van der Waals surface area contributed by atoms with Gasteiger partial charge < -0.3 is 4.57 Å². The predicted molar refractivity (Wildman–Crippen MR) is 105 cm³/mol. The first-order chi connectivity index (χ1) is 12.3. The third-order valence-corrected chi connectivity index (χ3v) is 5.16. The van der Waals surface area contributed by atoms with Gasteiger partial charge in [0.2, 0.25) is 0 Å². The van der Waals surface area contributed by atoms with E-state index in [0.29, 0.717) is 0 Å². The van der Waals surface area contributed by atoms with Gasteiger partial charge in [0.05, 0.1) is 11.2 Å². The average Bonchev–Trinajstić information content (AvgIpc) is 3.16. The maximum atomic E-state index is 2.43. The molecular formula is C24H19N. The number of allylic oxidation sites excluding steroid dienone is 1. The third kappa shape index (κ3) is 2.09. The molecule has 5 rings (SSSR count). The summed E-state index contributed by atoms with van der Waals surface area (Å²) in [6.45, 7) is 2.27. The topological polar surface area (TPSA) is 4.93 Å². The Morgan fingerprint density at radius 1 is 0.720 bits per heavy atom. The highest BCUT2D eigenvalue weighted by atomic mass is 15.0. The molecule has 0 spiro atoms. The Kier molecular flexibility index (Phi) is 3.14. The second-order valence-electron chi connectivity index (χ2n) is 6.71. The van der Waals surface area contributed by atoms with Crippen molar-refractivity contribution in [1.29, 1.82) is 0 Å². The minimum Gasteiger partial charge on any atom is -0.309 e. The average molecular weight is 321 g/mol. The highest BCUT2D eigenvalue weighted by Crippen LogP contribution is 2.43. The second-order valence-corrected chi connectivity index (χ2v) is 6.71. The number of hydrogen-bond acceptors (Lipinski definition) is 0. The zero-order valence-electron chi connectivity index (χ0n) is 14.2. The van der Waals surface area contributed by atoms with Crippen LogP contribution in [0.25, 0.3) is 22.2 Å². The number of para-hydroxylation sites is 2. The Morgan fingerprint density at radius 3 is 2.12 bits per heavy atom. The highest BCUT2D eigenvalue weighted by Gasteiger charge is 2.28. The van der Waals surface area contributed by atoms with Crippen molar-refractivity contribution in [1.82, 2.24) is 4.57 Å². The van der Waals surface area contributed by atoms with Gasteiger partial charge in [0, 0.05) is 16.6 Å². The summed E-state index contributed by atoms with van der Waals surface area (Å²) in [7, 11) is 0. The number of aromatic nitrogens is 1. The molecule has 0 saturated carbocycles. The van der Waals surface area contributed by atoms with Crippen LogP contribution in [0.3, 0.4) is 0 Å². The molecule has 3 aromatic carbocycles. The molecule has 0 radical (unpaired) electrons. The minimum absolute atomic E-state index is 1.03. The largest absolute Gasteiger partial charge is 0.309 e. The fourth-order valence-corrected chi connectivity index (χ4v) is 4.14. The Hall–Kier alpha value is -3.06. The number of rotatable bonds is 2. The van der Waals surface area contributed by atoms with Crippen LogP contribution in [0.5, 0.6) is 0 Å². The number of hydrogen-bond donors (Lipinski definition) is 0. The van der Waals surface area contributed by atoms with Crippen molar-refractivity contribution in [2.75, 3.05) is 0 Å². The molecule has 0 atom stereocenters. The standard InChI is InChI=1S/C24H19N/c1-17-16-21-20-14-8-9-15-22(20)25(19-12-6-3-7-13-19)24(21)23(17)18-10-4-2-5-11-18/h2-15H,16H2,1H3. The van der Waals surface area contributed by atoms with Gasteiger partial charge in [-0.1, -0.05) is 72.3 Å². The molecule has 0 amide bonds. The molecule has 1 nitrogen and oxygen atoms in total. The summed E-state index contributed by atoms with van der Waals surface area (Å²) in [5.74, 6) is 0. The Labute approximate surface area is 147 Å². The van der Waals surface area contributed by atoms with Gasteiger partial charge in [-0.25, -0.2) is 0 Å². The molecule has 0 saturated heterocycles. The summed E-state index contributed by atoms with van der Waals surface area (Å²) < 4.78 is 2.43. The van der Waals surface area contributed by atoms with Gasteiger partial charge in [-0.15, -0.1) is 0 Å². The van der Waals surface area contributed by atoms with E-state index in [1.807, 2.05) is 0 Å². The van der Waals surface area contributed by atoms with Crippen molar-refractivity contribution in [2.45, 2.75) is 13.3 Å². The SMILES string of the molecule is CC1=C(c2ccccc2)c2c(c3ccccc3n2-c2ccccc2)C1. The van der Waals surface area contributed by atoms with Crippen molar-refractivity contribution in [3.8, 4) is 5.69 Å². The van der Waals surface area contributed by atoms with E-state index in [2.05, 4.69) is 96.4 Å². The molecule has 120 valence electrons. The first-order valence-electron chi connectivity index (χ1n) is 8.78. The van der Waals surface area contributed by atoms with E-state index in [9.17, 15) is 0 Å². The van der Waals surface area contributed by atoms with Crippen LogP contribution in [0.2, 0.25) is 0 Å². The van der Waals surface area contributed by atoms with E-state index in [1.54, 1.807) is 0 Å². The van der Waals surface area contributed by atoms with E-state index < -0.39 is 0 Å². The van der Waals surface area contributed by atoms with E-state index in [-0.39, 0.29) is 0 Å². The summed E-state index contributed by atoms with van der Waals surface area (Å²) in [6, 6.07) is 30.3. The lowest BCUT2D eigenvalue weighted by atomic mass is 10.0. The molecule has 4 aromatic rings. The second kappa shape index (κ2) is 5.49. The quantitative estimate of drug-likeness (QED) is 0.426. The van der Waals surface area contributed by atoms with Crippen molar-refractivity contribution in [3.05, 3.63) is 107 Å². The van der Waals surface area contributed by atoms with Crippen molar-refractivity contribution in [2.24, 2.45) is 0 Å². The molecule has 0 N–H and O–H groups in total. The van der Waals surface area contributed by atoms with Crippen molar-refractivity contribution in [3.63, 3.8) is 0 Å². The zero-order valence-corrected chi connectivity index (χ0v) is 14.2. The summed E-state index contributed by atoms with van der Waals surface area (Å²) in [6.07, 6.45) is 1.03. The molecule has 0 aliphatic heterocycles. The fraction of sp³-hybridized carbons (Fsp3) is 0.0833. The van der Waals surface area contributed by atoms with Gasteiger partial charge in [0.25, 0.3) is 0 Å². The van der Waals surface area contributed by atoms with Crippen LogP contribution in [-0.4, -0.2) is 4.57 Å². The van der Waals surface area contributed by atoms with Gasteiger partial charge in [0.1, 0.15) is 0 Å². The van der Waals surface area contributed by atoms with Crippen LogP contribution in [-0.2, 0) is 6.42 Å². The Morgan fingerprint density at radius 2 is 1.36 bits per heavy atom. The number of nitrogens with zero attached hydrogens (tertiary/aromatic N) is 1. The lowest BCUT2D eigenvalue weighted by Crippen LogP contribution is -2.00. The molecule has 1 aliphatic carbocycles. The molecule has 1 aromatic heterocycles. The monoisotopic (exact) mass is 321 g/mol. The highest BCUT2D eigenvalue weighted by molar-refractivity contribution is 5.98. The van der Waals surface area contributed by atoms with Gasteiger partial charge in [-0.05, 0) is 42.7 Å². The van der Waals surface area contributed by atoms with Crippen molar-refractivity contribution >= 4 is 16.5 Å². The molecule has 0 unspecified atom stereocenters. The third-order valence-electron chi connectivity index (χ3n) is 5.16. The first kappa shape index (κ1) is 14.3. The lowest BCUT2D eigenvalue weighted by molar-refractivity contribution is 1.09. The van der Waals surface area contributed by atoms with E-state index in [0.717, 1.165) is 6.42 Å². The lowest BCUT2D eigenvalue weighted by Gasteiger charge is -2.14. The van der Waals surface area contributed by atoms with Crippen LogP contribution in [0, 0.1) is 0 Å². The Balaban J connectivity index is 1.89. The number of benzene rings is 3. The van der Waals surface area contributed by atoms with Gasteiger partial charge in [-0.3, -0.25) is 0 Å². The van der Waals surface area contributed by atoms with Crippen LogP contribution in [0.15, 0.2) is 90.5 Å².